The highest BCUT2D eigenvalue weighted by molar-refractivity contribution is 7.77. The standard InChI is InChI=1S/C11H15NO4S/c1-2-16-11(13)12(17(14)15)9-8-10-6-4-3-5-7-10/h3-7H,2,8-9H2,1H3,(H,14,15). The summed E-state index contributed by atoms with van der Waals surface area (Å²) in [6.07, 6.45) is -0.268. The van der Waals surface area contributed by atoms with Crippen LogP contribution >= 0.6 is 0 Å². The molecule has 1 amide bonds. The van der Waals surface area contributed by atoms with Gasteiger partial charge in [0.1, 0.15) is 0 Å². The summed E-state index contributed by atoms with van der Waals surface area (Å²) in [4.78, 5) is 11.4. The molecule has 0 saturated carbocycles. The van der Waals surface area contributed by atoms with Gasteiger partial charge in [-0.2, -0.15) is 0 Å². The van der Waals surface area contributed by atoms with Crippen LogP contribution in [-0.4, -0.2) is 32.3 Å². The molecule has 0 aromatic heterocycles. The van der Waals surface area contributed by atoms with Gasteiger partial charge < -0.3 is 4.74 Å². The summed E-state index contributed by atoms with van der Waals surface area (Å²) in [5.41, 5.74) is 0.993. The van der Waals surface area contributed by atoms with E-state index >= 15 is 0 Å². The Morgan fingerprint density at radius 3 is 2.59 bits per heavy atom. The number of ether oxygens (including phenoxy) is 1. The number of hydrogen-bond acceptors (Lipinski definition) is 3. The van der Waals surface area contributed by atoms with Gasteiger partial charge >= 0.3 is 6.09 Å². The first-order valence-electron chi connectivity index (χ1n) is 5.24. The summed E-state index contributed by atoms with van der Waals surface area (Å²) >= 11 is -2.35. The molecule has 1 aromatic carbocycles. The second-order valence-corrected chi connectivity index (χ2v) is 4.17. The summed E-state index contributed by atoms with van der Waals surface area (Å²) < 4.78 is 25.4. The molecule has 1 rings (SSSR count). The van der Waals surface area contributed by atoms with Gasteiger partial charge in [-0.15, -0.1) is 0 Å². The van der Waals surface area contributed by atoms with Gasteiger partial charge in [0.15, 0.2) is 0 Å². The molecule has 1 unspecified atom stereocenters. The van der Waals surface area contributed by atoms with E-state index in [0.717, 1.165) is 9.87 Å². The van der Waals surface area contributed by atoms with E-state index in [9.17, 15) is 9.00 Å². The minimum absolute atomic E-state index is 0.145. The molecule has 0 aliphatic rings. The maximum absolute atomic E-state index is 11.4. The van der Waals surface area contributed by atoms with E-state index in [0.29, 0.717) is 6.42 Å². The van der Waals surface area contributed by atoms with Gasteiger partial charge in [0.25, 0.3) is 11.3 Å². The molecule has 17 heavy (non-hydrogen) atoms. The van der Waals surface area contributed by atoms with Crippen molar-refractivity contribution in [1.82, 2.24) is 4.31 Å². The molecular weight excluding hydrogens is 242 g/mol. The minimum atomic E-state index is -2.35. The predicted octanol–water partition coefficient (Wildman–Crippen LogP) is 1.82. The monoisotopic (exact) mass is 257 g/mol. The lowest BCUT2D eigenvalue weighted by molar-refractivity contribution is 0.131. The lowest BCUT2D eigenvalue weighted by Crippen LogP contribution is -2.34. The smallest absolute Gasteiger partial charge is 0.423 e. The van der Waals surface area contributed by atoms with Gasteiger partial charge in [0.05, 0.1) is 6.61 Å². The van der Waals surface area contributed by atoms with Crippen molar-refractivity contribution in [3.63, 3.8) is 0 Å². The number of benzene rings is 1. The van der Waals surface area contributed by atoms with Crippen molar-refractivity contribution < 1.29 is 18.3 Å². The van der Waals surface area contributed by atoms with E-state index in [1.165, 1.54) is 0 Å². The van der Waals surface area contributed by atoms with Crippen LogP contribution in [0.4, 0.5) is 4.79 Å². The maximum Gasteiger partial charge on any atom is 0.423 e. The van der Waals surface area contributed by atoms with Crippen molar-refractivity contribution in [2.24, 2.45) is 0 Å². The third-order valence-corrected chi connectivity index (χ3v) is 2.82. The van der Waals surface area contributed by atoms with Crippen LogP contribution in [0.1, 0.15) is 12.5 Å². The van der Waals surface area contributed by atoms with Crippen molar-refractivity contribution >= 4 is 17.4 Å². The summed E-state index contributed by atoms with van der Waals surface area (Å²) in [5.74, 6) is 0. The third kappa shape index (κ3) is 4.54. The molecule has 1 N–H and O–H groups in total. The molecule has 1 aromatic rings. The molecule has 1 atom stereocenters. The van der Waals surface area contributed by atoms with Gasteiger partial charge in [-0.05, 0) is 18.9 Å². The Morgan fingerprint density at radius 2 is 2.06 bits per heavy atom. The fourth-order valence-corrected chi connectivity index (χ4v) is 1.73. The van der Waals surface area contributed by atoms with Crippen LogP contribution in [0, 0.1) is 0 Å². The zero-order valence-corrected chi connectivity index (χ0v) is 10.4. The Bertz CT molecular complexity index is 382. The molecule has 94 valence electrons. The van der Waals surface area contributed by atoms with Crippen LogP contribution in [0.5, 0.6) is 0 Å². The van der Waals surface area contributed by atoms with E-state index in [1.54, 1.807) is 6.92 Å². The lowest BCUT2D eigenvalue weighted by atomic mass is 10.1. The molecule has 0 fully saturated rings. The van der Waals surface area contributed by atoms with Crippen molar-refractivity contribution in [3.05, 3.63) is 35.9 Å². The van der Waals surface area contributed by atoms with Crippen LogP contribution in [0.25, 0.3) is 0 Å². The Kier molecular flexibility index (Phi) is 5.65. The third-order valence-electron chi connectivity index (χ3n) is 2.11. The van der Waals surface area contributed by atoms with Gasteiger partial charge in [-0.3, -0.25) is 4.55 Å². The van der Waals surface area contributed by atoms with Gasteiger partial charge in [0, 0.05) is 6.54 Å². The lowest BCUT2D eigenvalue weighted by Gasteiger charge is -2.16. The van der Waals surface area contributed by atoms with Gasteiger partial charge in [-0.25, -0.2) is 13.3 Å². The topological polar surface area (TPSA) is 66.8 Å². The molecule has 0 bridgehead atoms. The first-order valence-corrected chi connectivity index (χ1v) is 6.30. The number of rotatable bonds is 5. The van der Waals surface area contributed by atoms with E-state index in [1.807, 2.05) is 30.3 Å². The summed E-state index contributed by atoms with van der Waals surface area (Å²) in [6.45, 7) is 1.97. The number of nitrogens with zero attached hydrogens (tertiary/aromatic N) is 1. The second-order valence-electron chi connectivity index (χ2n) is 3.27. The Morgan fingerprint density at radius 1 is 1.41 bits per heavy atom. The molecule has 0 radical (unpaired) electrons. The normalized spacial score (nSPS) is 11.9. The van der Waals surface area contributed by atoms with Crippen molar-refractivity contribution in [2.45, 2.75) is 13.3 Å². The molecule has 0 aliphatic carbocycles. The Hall–Kier alpha value is -1.40. The van der Waals surface area contributed by atoms with Crippen molar-refractivity contribution in [2.75, 3.05) is 13.2 Å². The van der Waals surface area contributed by atoms with Gasteiger partial charge in [0.2, 0.25) is 0 Å². The largest absolute Gasteiger partial charge is 0.449 e. The summed E-state index contributed by atoms with van der Waals surface area (Å²) in [5, 5.41) is 0. The molecule has 0 spiro atoms. The fraction of sp³-hybridized carbons (Fsp3) is 0.364. The number of carbonyl (C=O) groups is 1. The molecule has 5 nitrogen and oxygen atoms in total. The summed E-state index contributed by atoms with van der Waals surface area (Å²) in [6, 6.07) is 9.42. The SMILES string of the molecule is CCOC(=O)N(CCc1ccccc1)S(=O)O. The minimum Gasteiger partial charge on any atom is -0.449 e. The highest BCUT2D eigenvalue weighted by Crippen LogP contribution is 2.04. The fourth-order valence-electron chi connectivity index (χ4n) is 1.30. The first kappa shape index (κ1) is 13.7. The van der Waals surface area contributed by atoms with Crippen LogP contribution in [-0.2, 0) is 22.4 Å². The van der Waals surface area contributed by atoms with Crippen LogP contribution in [0.15, 0.2) is 30.3 Å². The zero-order valence-electron chi connectivity index (χ0n) is 9.54. The summed E-state index contributed by atoms with van der Waals surface area (Å²) in [7, 11) is 0. The highest BCUT2D eigenvalue weighted by atomic mass is 32.2. The molecule has 0 aliphatic heterocycles. The first-order chi connectivity index (χ1) is 8.15. The van der Waals surface area contributed by atoms with E-state index in [2.05, 4.69) is 4.74 Å². The van der Waals surface area contributed by atoms with Crippen molar-refractivity contribution in [1.29, 1.82) is 0 Å². The maximum atomic E-state index is 11.4. The van der Waals surface area contributed by atoms with Crippen LogP contribution in [0.2, 0.25) is 0 Å². The van der Waals surface area contributed by atoms with Gasteiger partial charge in [-0.1, -0.05) is 30.3 Å². The molecular formula is C11H15NO4S. The average molecular weight is 257 g/mol. The second kappa shape index (κ2) is 7.03. The molecule has 0 saturated heterocycles. The van der Waals surface area contributed by atoms with E-state index < -0.39 is 17.4 Å². The quantitative estimate of drug-likeness (QED) is 0.817. The zero-order chi connectivity index (χ0) is 12.7. The van der Waals surface area contributed by atoms with E-state index in [-0.39, 0.29) is 13.2 Å². The predicted molar refractivity (Wildman–Crippen MR) is 64.6 cm³/mol. The van der Waals surface area contributed by atoms with Crippen LogP contribution < -0.4 is 0 Å². The average Bonchev–Trinajstić information content (AvgIpc) is 2.30. The van der Waals surface area contributed by atoms with Crippen LogP contribution in [0.3, 0.4) is 0 Å². The molecule has 6 heteroatoms. The van der Waals surface area contributed by atoms with Crippen molar-refractivity contribution in [3.8, 4) is 0 Å². The number of amides is 1. The van der Waals surface area contributed by atoms with E-state index in [4.69, 9.17) is 4.55 Å². The Labute approximate surface area is 103 Å². The molecule has 0 heterocycles. The Balaban J connectivity index is 2.56. The number of carbonyl (C=O) groups excluding carboxylic acids is 1. The highest BCUT2D eigenvalue weighted by Gasteiger charge is 2.19. The number of hydrogen-bond donors (Lipinski definition) is 1.